The zero-order valence-electron chi connectivity index (χ0n) is 11.9. The third kappa shape index (κ3) is 2.73. The van der Waals surface area contributed by atoms with Gasteiger partial charge in [0, 0.05) is 25.2 Å². The first-order valence-electron chi connectivity index (χ1n) is 8.06. The van der Waals surface area contributed by atoms with Crippen molar-refractivity contribution in [2.75, 3.05) is 39.3 Å². The van der Waals surface area contributed by atoms with Crippen molar-refractivity contribution in [1.29, 1.82) is 0 Å². The van der Waals surface area contributed by atoms with Gasteiger partial charge in [-0.25, -0.2) is 0 Å². The summed E-state index contributed by atoms with van der Waals surface area (Å²) in [4.78, 5) is 5.52. The smallest absolute Gasteiger partial charge is 0.0253 e. The van der Waals surface area contributed by atoms with E-state index >= 15 is 0 Å². The summed E-state index contributed by atoms with van der Waals surface area (Å²) < 4.78 is 0. The summed E-state index contributed by atoms with van der Waals surface area (Å²) in [5.74, 6) is 0.996. The van der Waals surface area contributed by atoms with Gasteiger partial charge in [0.25, 0.3) is 0 Å². The quantitative estimate of drug-likeness (QED) is 0.821. The first kappa shape index (κ1) is 12.9. The van der Waals surface area contributed by atoms with Crippen molar-refractivity contribution < 1.29 is 0 Å². The molecule has 0 aromatic rings. The van der Waals surface area contributed by atoms with E-state index < -0.39 is 0 Å². The van der Waals surface area contributed by atoms with E-state index in [1.807, 2.05) is 0 Å². The summed E-state index contributed by atoms with van der Waals surface area (Å²) in [6, 6.07) is 1.61. The number of fused-ring (bicyclic) bond motifs is 3. The molecule has 0 saturated carbocycles. The van der Waals surface area contributed by atoms with Gasteiger partial charge in [0.15, 0.2) is 0 Å². The molecule has 0 amide bonds. The third-order valence-corrected chi connectivity index (χ3v) is 5.24. The lowest BCUT2D eigenvalue weighted by molar-refractivity contribution is 0.00442. The number of piperidine rings is 3. The molecule has 4 fully saturated rings. The van der Waals surface area contributed by atoms with Crippen LogP contribution in [0.1, 0.15) is 39.0 Å². The predicted molar refractivity (Wildman–Crippen MR) is 75.8 cm³/mol. The van der Waals surface area contributed by atoms with Gasteiger partial charge in [0.1, 0.15) is 0 Å². The Kier molecular flexibility index (Phi) is 4.22. The van der Waals surface area contributed by atoms with Crippen molar-refractivity contribution >= 4 is 0 Å². The van der Waals surface area contributed by atoms with Gasteiger partial charge < -0.3 is 10.2 Å². The molecule has 4 aliphatic heterocycles. The normalized spacial score (nSPS) is 41.8. The van der Waals surface area contributed by atoms with E-state index in [1.165, 1.54) is 71.4 Å². The van der Waals surface area contributed by atoms with Gasteiger partial charge in [0.2, 0.25) is 0 Å². The molecule has 104 valence electrons. The van der Waals surface area contributed by atoms with E-state index in [0.29, 0.717) is 0 Å². The lowest BCUT2D eigenvalue weighted by atomic mass is 9.83. The highest BCUT2D eigenvalue weighted by atomic mass is 15.3. The highest BCUT2D eigenvalue weighted by Crippen LogP contribution is 2.31. The molecule has 3 nitrogen and oxygen atoms in total. The molecular formula is C15H29N3. The average molecular weight is 251 g/mol. The van der Waals surface area contributed by atoms with Gasteiger partial charge in [-0.3, -0.25) is 4.90 Å². The molecule has 0 aromatic heterocycles. The highest BCUT2D eigenvalue weighted by Gasteiger charge is 2.38. The summed E-state index contributed by atoms with van der Waals surface area (Å²) in [5, 5.41) is 3.74. The fraction of sp³-hybridized carbons (Fsp3) is 1.00. The van der Waals surface area contributed by atoms with Crippen molar-refractivity contribution in [3.63, 3.8) is 0 Å². The summed E-state index contributed by atoms with van der Waals surface area (Å²) in [6.07, 6.45) is 6.90. The monoisotopic (exact) mass is 251 g/mol. The number of hydrogen-bond acceptors (Lipinski definition) is 3. The predicted octanol–water partition coefficient (Wildman–Crippen LogP) is 1.54. The molecule has 2 unspecified atom stereocenters. The highest BCUT2D eigenvalue weighted by molar-refractivity contribution is 4.94. The van der Waals surface area contributed by atoms with Crippen molar-refractivity contribution in [2.45, 2.75) is 51.1 Å². The second kappa shape index (κ2) is 5.89. The van der Waals surface area contributed by atoms with Crippen molar-refractivity contribution in [2.24, 2.45) is 5.92 Å². The maximum Gasteiger partial charge on any atom is 0.0253 e. The topological polar surface area (TPSA) is 18.5 Å². The Labute approximate surface area is 112 Å². The molecule has 2 atom stereocenters. The van der Waals surface area contributed by atoms with Crippen LogP contribution in [-0.4, -0.2) is 61.2 Å². The van der Waals surface area contributed by atoms with Gasteiger partial charge in [-0.05, 0) is 57.8 Å². The lowest BCUT2D eigenvalue weighted by Crippen LogP contribution is -2.58. The first-order valence-corrected chi connectivity index (χ1v) is 8.06. The summed E-state index contributed by atoms with van der Waals surface area (Å²) >= 11 is 0. The third-order valence-electron chi connectivity index (χ3n) is 5.24. The Morgan fingerprint density at radius 2 is 1.94 bits per heavy atom. The van der Waals surface area contributed by atoms with Crippen LogP contribution >= 0.6 is 0 Å². The Morgan fingerprint density at radius 1 is 1.11 bits per heavy atom. The molecule has 4 aliphatic rings. The lowest BCUT2D eigenvalue weighted by Gasteiger charge is -2.49. The summed E-state index contributed by atoms with van der Waals surface area (Å²) in [7, 11) is 0. The van der Waals surface area contributed by atoms with Crippen LogP contribution in [-0.2, 0) is 0 Å². The molecule has 3 heteroatoms. The Balaban J connectivity index is 1.63. The Bertz CT molecular complexity index is 260. The van der Waals surface area contributed by atoms with Gasteiger partial charge in [-0.15, -0.1) is 0 Å². The van der Waals surface area contributed by atoms with Crippen LogP contribution in [0.3, 0.4) is 0 Å². The zero-order chi connectivity index (χ0) is 12.4. The molecular weight excluding hydrogens is 222 g/mol. The van der Waals surface area contributed by atoms with Crippen LogP contribution in [0.4, 0.5) is 0 Å². The van der Waals surface area contributed by atoms with E-state index in [1.54, 1.807) is 0 Å². The second-order valence-electron chi connectivity index (χ2n) is 6.49. The number of hydrogen-bond donors (Lipinski definition) is 1. The summed E-state index contributed by atoms with van der Waals surface area (Å²) in [5.41, 5.74) is 0. The van der Waals surface area contributed by atoms with Crippen LogP contribution in [0.5, 0.6) is 0 Å². The van der Waals surface area contributed by atoms with Crippen LogP contribution in [0, 0.1) is 5.92 Å². The van der Waals surface area contributed by atoms with E-state index in [4.69, 9.17) is 0 Å². The molecule has 4 saturated heterocycles. The van der Waals surface area contributed by atoms with Crippen LogP contribution in [0.15, 0.2) is 0 Å². The first-order chi connectivity index (χ1) is 8.86. The molecule has 0 aromatic carbocycles. The largest absolute Gasteiger partial charge is 0.313 e. The second-order valence-corrected chi connectivity index (χ2v) is 6.49. The van der Waals surface area contributed by atoms with Gasteiger partial charge in [-0.1, -0.05) is 13.3 Å². The number of rotatable bonds is 3. The van der Waals surface area contributed by atoms with E-state index in [2.05, 4.69) is 22.0 Å². The van der Waals surface area contributed by atoms with Crippen LogP contribution in [0.2, 0.25) is 0 Å². The molecule has 4 rings (SSSR count). The standard InChI is InChI=1S/C15H29N3/c1-2-4-14-11-18(8-3-7-16-14)15-12-17-9-5-13(15)6-10-17/h13-16H,2-12H2,1H3. The minimum absolute atomic E-state index is 0.743. The molecule has 4 heterocycles. The SMILES string of the molecule is CCCC1CN(C2CN3CCC2CC3)CCCN1. The van der Waals surface area contributed by atoms with Crippen molar-refractivity contribution in [1.82, 2.24) is 15.1 Å². The molecule has 1 N–H and O–H groups in total. The van der Waals surface area contributed by atoms with E-state index in [0.717, 1.165) is 18.0 Å². The van der Waals surface area contributed by atoms with Crippen LogP contribution in [0.25, 0.3) is 0 Å². The molecule has 0 spiro atoms. The maximum absolute atomic E-state index is 3.74. The van der Waals surface area contributed by atoms with Gasteiger partial charge >= 0.3 is 0 Å². The molecule has 0 aliphatic carbocycles. The summed E-state index contributed by atoms with van der Waals surface area (Å²) in [6.45, 7) is 10.2. The average Bonchev–Trinajstić information content (AvgIpc) is 2.66. The maximum atomic E-state index is 3.74. The van der Waals surface area contributed by atoms with Gasteiger partial charge in [0.05, 0.1) is 0 Å². The zero-order valence-corrected chi connectivity index (χ0v) is 11.9. The Morgan fingerprint density at radius 3 is 2.61 bits per heavy atom. The Hall–Kier alpha value is -0.120. The fourth-order valence-electron chi connectivity index (χ4n) is 4.22. The van der Waals surface area contributed by atoms with Crippen molar-refractivity contribution in [3.8, 4) is 0 Å². The van der Waals surface area contributed by atoms with E-state index in [9.17, 15) is 0 Å². The molecule has 18 heavy (non-hydrogen) atoms. The minimum Gasteiger partial charge on any atom is -0.313 e. The van der Waals surface area contributed by atoms with E-state index in [-0.39, 0.29) is 0 Å². The van der Waals surface area contributed by atoms with Crippen molar-refractivity contribution in [3.05, 3.63) is 0 Å². The molecule has 0 radical (unpaired) electrons. The fourth-order valence-corrected chi connectivity index (χ4v) is 4.22. The number of nitrogens with one attached hydrogen (secondary N) is 1. The molecule has 2 bridgehead atoms. The number of nitrogens with zero attached hydrogens (tertiary/aromatic N) is 2. The van der Waals surface area contributed by atoms with Gasteiger partial charge in [-0.2, -0.15) is 0 Å². The minimum atomic E-state index is 0.743. The van der Waals surface area contributed by atoms with Crippen LogP contribution < -0.4 is 5.32 Å².